The van der Waals surface area contributed by atoms with Crippen LogP contribution in [0.4, 0.5) is 0 Å². The van der Waals surface area contributed by atoms with Crippen molar-refractivity contribution < 1.29 is 0 Å². The maximum atomic E-state index is 2.32. The molecule has 0 aromatic carbocycles. The van der Waals surface area contributed by atoms with Crippen LogP contribution in [0, 0.1) is 5.92 Å². The molecule has 0 N–H and O–H groups in total. The topological polar surface area (TPSA) is 0 Å². The molecular formula is C10H14S. The fraction of sp³-hybridized carbons (Fsp3) is 0.600. The van der Waals surface area contributed by atoms with E-state index in [1.54, 1.807) is 4.91 Å². The Morgan fingerprint density at radius 2 is 2.36 bits per heavy atom. The summed E-state index contributed by atoms with van der Waals surface area (Å²) in [5.41, 5.74) is 0. The maximum absolute atomic E-state index is 2.32. The molecular weight excluding hydrogens is 152 g/mol. The van der Waals surface area contributed by atoms with Gasteiger partial charge in [-0.05, 0) is 42.3 Å². The van der Waals surface area contributed by atoms with Gasteiger partial charge >= 0.3 is 0 Å². The van der Waals surface area contributed by atoms with Gasteiger partial charge in [0.25, 0.3) is 0 Å². The third-order valence-electron chi connectivity index (χ3n) is 2.46. The Kier molecular flexibility index (Phi) is 2.37. The summed E-state index contributed by atoms with van der Waals surface area (Å²) < 4.78 is 0. The monoisotopic (exact) mass is 166 g/mol. The van der Waals surface area contributed by atoms with Crippen molar-refractivity contribution in [2.24, 2.45) is 5.92 Å². The van der Waals surface area contributed by atoms with Crippen LogP contribution in [0.1, 0.15) is 25.7 Å². The molecule has 1 heteroatoms. The minimum atomic E-state index is 0.921. The lowest BCUT2D eigenvalue weighted by Crippen LogP contribution is -1.96. The van der Waals surface area contributed by atoms with Crippen molar-refractivity contribution in [3.05, 3.63) is 23.1 Å². The van der Waals surface area contributed by atoms with Gasteiger partial charge in [-0.15, -0.1) is 11.8 Å². The Morgan fingerprint density at radius 1 is 1.36 bits per heavy atom. The van der Waals surface area contributed by atoms with E-state index in [-0.39, 0.29) is 0 Å². The first kappa shape index (κ1) is 7.48. The highest BCUT2D eigenvalue weighted by Crippen LogP contribution is 2.39. The van der Waals surface area contributed by atoms with Gasteiger partial charge < -0.3 is 0 Å². The molecule has 0 aromatic heterocycles. The van der Waals surface area contributed by atoms with Gasteiger partial charge in [0.05, 0.1) is 0 Å². The zero-order valence-electron chi connectivity index (χ0n) is 6.75. The van der Waals surface area contributed by atoms with Crippen molar-refractivity contribution in [3.8, 4) is 0 Å². The Bertz CT molecular complexity index is 191. The predicted octanol–water partition coefficient (Wildman–Crippen LogP) is 3.36. The molecule has 0 radical (unpaired) electrons. The van der Waals surface area contributed by atoms with Gasteiger partial charge in [-0.2, -0.15) is 0 Å². The van der Waals surface area contributed by atoms with Gasteiger partial charge in [-0.1, -0.05) is 18.2 Å². The molecule has 11 heavy (non-hydrogen) atoms. The molecule has 1 fully saturated rings. The van der Waals surface area contributed by atoms with E-state index in [2.05, 4.69) is 30.0 Å². The largest absolute Gasteiger partial charge is 0.130 e. The number of fused-ring (bicyclic) bond motifs is 1. The van der Waals surface area contributed by atoms with Gasteiger partial charge in [0.2, 0.25) is 0 Å². The molecule has 1 heterocycles. The van der Waals surface area contributed by atoms with E-state index in [0.717, 1.165) is 5.92 Å². The SMILES string of the molecule is C1=CCCCC2CCSC2=C1. The molecule has 0 amide bonds. The van der Waals surface area contributed by atoms with Crippen LogP contribution in [0.25, 0.3) is 0 Å². The summed E-state index contributed by atoms with van der Waals surface area (Å²) in [4.78, 5) is 1.64. The minimum absolute atomic E-state index is 0.921. The summed E-state index contributed by atoms with van der Waals surface area (Å²) >= 11 is 2.06. The summed E-state index contributed by atoms with van der Waals surface area (Å²) in [7, 11) is 0. The van der Waals surface area contributed by atoms with Crippen LogP contribution >= 0.6 is 11.8 Å². The van der Waals surface area contributed by atoms with Crippen LogP contribution in [-0.4, -0.2) is 5.75 Å². The van der Waals surface area contributed by atoms with E-state index < -0.39 is 0 Å². The number of rotatable bonds is 0. The molecule has 0 spiro atoms. The quantitative estimate of drug-likeness (QED) is 0.531. The average Bonchev–Trinajstić information content (AvgIpc) is 2.35. The smallest absolute Gasteiger partial charge is 0.00171 e. The molecule has 0 bridgehead atoms. The molecule has 0 nitrogen and oxygen atoms in total. The number of hydrogen-bond donors (Lipinski definition) is 0. The summed E-state index contributed by atoms with van der Waals surface area (Å²) in [5, 5.41) is 0. The lowest BCUT2D eigenvalue weighted by molar-refractivity contribution is 0.555. The Hall–Kier alpha value is -0.170. The molecule has 0 saturated carbocycles. The van der Waals surface area contributed by atoms with Gasteiger partial charge in [0.15, 0.2) is 0 Å². The fourth-order valence-corrected chi connectivity index (χ4v) is 3.08. The van der Waals surface area contributed by atoms with Gasteiger partial charge in [-0.25, -0.2) is 0 Å². The predicted molar refractivity (Wildman–Crippen MR) is 51.6 cm³/mol. The van der Waals surface area contributed by atoms with Gasteiger partial charge in [-0.3, -0.25) is 0 Å². The molecule has 0 aromatic rings. The second kappa shape index (κ2) is 3.48. The average molecular weight is 166 g/mol. The molecule has 1 atom stereocenters. The van der Waals surface area contributed by atoms with Crippen LogP contribution in [0.5, 0.6) is 0 Å². The van der Waals surface area contributed by atoms with Crippen molar-refractivity contribution in [2.75, 3.05) is 5.75 Å². The van der Waals surface area contributed by atoms with E-state index in [4.69, 9.17) is 0 Å². The Balaban J connectivity index is 2.14. The molecule has 1 aliphatic carbocycles. The third kappa shape index (κ3) is 1.70. The molecule has 1 saturated heterocycles. The van der Waals surface area contributed by atoms with Crippen molar-refractivity contribution >= 4 is 11.8 Å². The highest BCUT2D eigenvalue weighted by molar-refractivity contribution is 8.03. The summed E-state index contributed by atoms with van der Waals surface area (Å²) in [5.74, 6) is 2.27. The number of thioether (sulfide) groups is 1. The number of allylic oxidation sites excluding steroid dienone is 4. The fourth-order valence-electron chi connectivity index (χ4n) is 1.79. The second-order valence-corrected chi connectivity index (χ2v) is 4.43. The molecule has 2 rings (SSSR count). The first-order chi connectivity index (χ1) is 5.47. The zero-order valence-corrected chi connectivity index (χ0v) is 7.57. The Morgan fingerprint density at radius 3 is 3.36 bits per heavy atom. The van der Waals surface area contributed by atoms with Crippen molar-refractivity contribution in [1.82, 2.24) is 0 Å². The lowest BCUT2D eigenvalue weighted by Gasteiger charge is -2.10. The highest BCUT2D eigenvalue weighted by Gasteiger charge is 2.20. The van der Waals surface area contributed by atoms with Crippen molar-refractivity contribution in [2.45, 2.75) is 25.7 Å². The van der Waals surface area contributed by atoms with Crippen LogP contribution < -0.4 is 0 Å². The summed E-state index contributed by atoms with van der Waals surface area (Å²) in [6.07, 6.45) is 12.4. The lowest BCUT2D eigenvalue weighted by atomic mass is 9.97. The minimum Gasteiger partial charge on any atom is -0.130 e. The third-order valence-corrected chi connectivity index (χ3v) is 3.70. The zero-order chi connectivity index (χ0) is 7.52. The van der Waals surface area contributed by atoms with Gasteiger partial charge in [0.1, 0.15) is 0 Å². The van der Waals surface area contributed by atoms with Crippen LogP contribution in [0.2, 0.25) is 0 Å². The standard InChI is InChI=1S/C10H14S/c1-2-4-6-10-9(5-3-1)7-8-11-10/h2,4,6,9H,1,3,5,7-8H2. The highest BCUT2D eigenvalue weighted by atomic mass is 32.2. The van der Waals surface area contributed by atoms with Crippen LogP contribution in [0.15, 0.2) is 23.1 Å². The molecule has 60 valence electrons. The number of hydrogen-bond acceptors (Lipinski definition) is 1. The van der Waals surface area contributed by atoms with E-state index >= 15 is 0 Å². The second-order valence-electron chi connectivity index (χ2n) is 3.26. The van der Waals surface area contributed by atoms with Crippen molar-refractivity contribution in [3.63, 3.8) is 0 Å². The van der Waals surface area contributed by atoms with E-state index in [9.17, 15) is 0 Å². The first-order valence-electron chi connectivity index (χ1n) is 4.46. The molecule has 1 unspecified atom stereocenters. The maximum Gasteiger partial charge on any atom is -0.00171 e. The summed E-state index contributed by atoms with van der Waals surface area (Å²) in [6.45, 7) is 0. The normalized spacial score (nSPS) is 30.5. The summed E-state index contributed by atoms with van der Waals surface area (Å²) in [6, 6.07) is 0. The van der Waals surface area contributed by atoms with Crippen LogP contribution in [-0.2, 0) is 0 Å². The first-order valence-corrected chi connectivity index (χ1v) is 5.45. The van der Waals surface area contributed by atoms with E-state index in [0.29, 0.717) is 0 Å². The molecule has 2 aliphatic rings. The van der Waals surface area contributed by atoms with Gasteiger partial charge in [0, 0.05) is 0 Å². The van der Waals surface area contributed by atoms with E-state index in [1.165, 1.54) is 31.4 Å². The van der Waals surface area contributed by atoms with E-state index in [1.807, 2.05) is 0 Å². The van der Waals surface area contributed by atoms with Crippen molar-refractivity contribution in [1.29, 1.82) is 0 Å². The molecule has 1 aliphatic heterocycles. The Labute approximate surface area is 72.8 Å². The van der Waals surface area contributed by atoms with Crippen LogP contribution in [0.3, 0.4) is 0 Å².